The molecule has 0 saturated heterocycles. The molecule has 0 aromatic heterocycles. The maximum atomic E-state index is 11.6. The molecule has 110 valence electrons. The first-order valence-corrected chi connectivity index (χ1v) is 6.57. The van der Waals surface area contributed by atoms with Crippen molar-refractivity contribution in [1.29, 1.82) is 0 Å². The molecule has 1 amide bonds. The molecular weight excluding hydrogens is 258 g/mol. The molecule has 0 heterocycles. The van der Waals surface area contributed by atoms with Gasteiger partial charge in [-0.1, -0.05) is 0 Å². The first-order chi connectivity index (χ1) is 9.26. The average molecular weight is 279 g/mol. The molecule has 0 aliphatic carbocycles. The van der Waals surface area contributed by atoms with E-state index in [1.807, 2.05) is 20.8 Å². The molecule has 1 aromatic carbocycles. The van der Waals surface area contributed by atoms with Crippen LogP contribution in [0.5, 0.6) is 5.75 Å². The lowest BCUT2D eigenvalue weighted by atomic mass is 10.2. The summed E-state index contributed by atoms with van der Waals surface area (Å²) in [6, 6.07) is 7.10. The van der Waals surface area contributed by atoms with E-state index in [9.17, 15) is 9.59 Å². The zero-order valence-corrected chi connectivity index (χ0v) is 12.1. The maximum Gasteiger partial charge on any atom is 0.303 e. The fourth-order valence-corrected chi connectivity index (χ4v) is 1.58. The number of carboxylic acids is 1. The van der Waals surface area contributed by atoms with Crippen LogP contribution in [0.15, 0.2) is 24.3 Å². The zero-order valence-electron chi connectivity index (χ0n) is 12.1. The Hall–Kier alpha value is -2.04. The first kappa shape index (κ1) is 16.0. The maximum absolute atomic E-state index is 11.6. The number of anilines is 1. The van der Waals surface area contributed by atoms with E-state index >= 15 is 0 Å². The molecule has 0 saturated carbocycles. The Morgan fingerprint density at radius 1 is 1.15 bits per heavy atom. The van der Waals surface area contributed by atoms with Gasteiger partial charge < -0.3 is 15.2 Å². The Morgan fingerprint density at radius 3 is 2.25 bits per heavy atom. The molecule has 20 heavy (non-hydrogen) atoms. The minimum atomic E-state index is -0.888. The average Bonchev–Trinajstić information content (AvgIpc) is 2.29. The van der Waals surface area contributed by atoms with Crippen LogP contribution in [0.1, 0.15) is 40.0 Å². The number of aliphatic carboxylic acids is 1. The van der Waals surface area contributed by atoms with E-state index in [0.29, 0.717) is 12.1 Å². The summed E-state index contributed by atoms with van der Waals surface area (Å²) in [7, 11) is 0. The standard InChI is InChI=1S/C15H21NO4/c1-15(2,3)20-12-9-7-11(8-10-12)16-13(17)5-4-6-14(18)19/h7-10H,4-6H2,1-3H3,(H,16,17)(H,18,19). The molecule has 0 aliphatic rings. The monoisotopic (exact) mass is 279 g/mol. The third-order valence-electron chi connectivity index (χ3n) is 2.36. The Labute approximate surface area is 118 Å². The predicted molar refractivity (Wildman–Crippen MR) is 76.9 cm³/mol. The third kappa shape index (κ3) is 6.78. The van der Waals surface area contributed by atoms with Crippen LogP contribution in [0.4, 0.5) is 5.69 Å². The summed E-state index contributed by atoms with van der Waals surface area (Å²) in [6.07, 6.45) is 0.546. The van der Waals surface area contributed by atoms with Gasteiger partial charge in [-0.3, -0.25) is 9.59 Å². The second kappa shape index (κ2) is 6.93. The highest BCUT2D eigenvalue weighted by Gasteiger charge is 2.11. The summed E-state index contributed by atoms with van der Waals surface area (Å²) in [5, 5.41) is 11.2. The summed E-state index contributed by atoms with van der Waals surface area (Å²) < 4.78 is 5.67. The summed E-state index contributed by atoms with van der Waals surface area (Å²) in [5.74, 6) is -0.335. The highest BCUT2D eigenvalue weighted by atomic mass is 16.5. The Kier molecular flexibility index (Phi) is 5.55. The molecule has 0 atom stereocenters. The number of carbonyl (C=O) groups is 2. The van der Waals surface area contributed by atoms with Gasteiger partial charge in [-0.05, 0) is 51.5 Å². The Balaban J connectivity index is 2.45. The summed E-state index contributed by atoms with van der Waals surface area (Å²) in [4.78, 5) is 21.9. The molecule has 1 rings (SSSR count). The second-order valence-electron chi connectivity index (χ2n) is 5.53. The smallest absolute Gasteiger partial charge is 0.303 e. The van der Waals surface area contributed by atoms with Crippen LogP contribution >= 0.6 is 0 Å². The van der Waals surface area contributed by atoms with E-state index in [0.717, 1.165) is 5.75 Å². The normalized spacial score (nSPS) is 10.9. The molecule has 0 bridgehead atoms. The van der Waals surface area contributed by atoms with Crippen molar-refractivity contribution >= 4 is 17.6 Å². The van der Waals surface area contributed by atoms with E-state index in [4.69, 9.17) is 9.84 Å². The Morgan fingerprint density at radius 2 is 1.75 bits per heavy atom. The summed E-state index contributed by atoms with van der Waals surface area (Å²) in [5.41, 5.74) is 0.410. The van der Waals surface area contributed by atoms with Crippen LogP contribution in [-0.4, -0.2) is 22.6 Å². The van der Waals surface area contributed by atoms with Crippen LogP contribution in [0.3, 0.4) is 0 Å². The van der Waals surface area contributed by atoms with Crippen molar-refractivity contribution in [2.24, 2.45) is 0 Å². The molecule has 0 unspecified atom stereocenters. The lowest BCUT2D eigenvalue weighted by molar-refractivity contribution is -0.137. The molecular formula is C15H21NO4. The van der Waals surface area contributed by atoms with Crippen molar-refractivity contribution in [2.75, 3.05) is 5.32 Å². The van der Waals surface area contributed by atoms with Gasteiger partial charge in [0, 0.05) is 18.5 Å². The van der Waals surface area contributed by atoms with Gasteiger partial charge in [0.1, 0.15) is 11.4 Å². The SMILES string of the molecule is CC(C)(C)Oc1ccc(NC(=O)CCCC(=O)O)cc1. The highest BCUT2D eigenvalue weighted by Crippen LogP contribution is 2.20. The number of hydrogen-bond acceptors (Lipinski definition) is 3. The molecule has 0 spiro atoms. The van der Waals surface area contributed by atoms with Crippen molar-refractivity contribution in [3.63, 3.8) is 0 Å². The van der Waals surface area contributed by atoms with E-state index in [1.54, 1.807) is 24.3 Å². The number of carbonyl (C=O) groups excluding carboxylic acids is 1. The fourth-order valence-electron chi connectivity index (χ4n) is 1.58. The zero-order chi connectivity index (χ0) is 15.2. The van der Waals surface area contributed by atoms with Crippen LogP contribution < -0.4 is 10.1 Å². The van der Waals surface area contributed by atoms with Crippen molar-refractivity contribution in [3.8, 4) is 5.75 Å². The third-order valence-corrected chi connectivity index (χ3v) is 2.36. The molecule has 0 aliphatic heterocycles. The minimum Gasteiger partial charge on any atom is -0.488 e. The lowest BCUT2D eigenvalue weighted by Gasteiger charge is -2.21. The summed E-state index contributed by atoms with van der Waals surface area (Å²) in [6.45, 7) is 5.89. The van der Waals surface area contributed by atoms with Crippen LogP contribution in [0.2, 0.25) is 0 Å². The number of rotatable bonds is 6. The lowest BCUT2D eigenvalue weighted by Crippen LogP contribution is -2.22. The van der Waals surface area contributed by atoms with Gasteiger partial charge in [0.25, 0.3) is 0 Å². The van der Waals surface area contributed by atoms with Crippen molar-refractivity contribution in [2.45, 2.75) is 45.6 Å². The van der Waals surface area contributed by atoms with Crippen LogP contribution in [0.25, 0.3) is 0 Å². The molecule has 0 fully saturated rings. The molecule has 1 aromatic rings. The van der Waals surface area contributed by atoms with E-state index in [1.165, 1.54) is 0 Å². The Bertz CT molecular complexity index is 460. The number of carboxylic acid groups (broad SMARTS) is 1. The number of benzene rings is 1. The molecule has 2 N–H and O–H groups in total. The number of ether oxygens (including phenoxy) is 1. The van der Waals surface area contributed by atoms with Gasteiger partial charge in [0.2, 0.25) is 5.91 Å². The second-order valence-corrected chi connectivity index (χ2v) is 5.53. The molecule has 5 nitrogen and oxygen atoms in total. The minimum absolute atomic E-state index is 0.00573. The van der Waals surface area contributed by atoms with Gasteiger partial charge in [-0.2, -0.15) is 0 Å². The van der Waals surface area contributed by atoms with Gasteiger partial charge in [-0.15, -0.1) is 0 Å². The van der Waals surface area contributed by atoms with Crippen LogP contribution in [0, 0.1) is 0 Å². The largest absolute Gasteiger partial charge is 0.488 e. The van der Waals surface area contributed by atoms with Gasteiger partial charge >= 0.3 is 5.97 Å². The molecule has 0 radical (unpaired) electrons. The quantitative estimate of drug-likeness (QED) is 0.839. The first-order valence-electron chi connectivity index (χ1n) is 6.57. The van der Waals surface area contributed by atoms with E-state index in [-0.39, 0.29) is 24.3 Å². The summed E-state index contributed by atoms with van der Waals surface area (Å²) >= 11 is 0. The highest BCUT2D eigenvalue weighted by molar-refractivity contribution is 5.90. The number of amides is 1. The fraction of sp³-hybridized carbons (Fsp3) is 0.467. The molecule has 5 heteroatoms. The van der Waals surface area contributed by atoms with Gasteiger partial charge in [0.15, 0.2) is 0 Å². The van der Waals surface area contributed by atoms with Crippen LogP contribution in [-0.2, 0) is 9.59 Å². The predicted octanol–water partition coefficient (Wildman–Crippen LogP) is 3.06. The van der Waals surface area contributed by atoms with E-state index in [2.05, 4.69) is 5.32 Å². The van der Waals surface area contributed by atoms with E-state index < -0.39 is 5.97 Å². The van der Waals surface area contributed by atoms with Crippen molar-refractivity contribution in [3.05, 3.63) is 24.3 Å². The van der Waals surface area contributed by atoms with Crippen molar-refractivity contribution in [1.82, 2.24) is 0 Å². The number of nitrogens with one attached hydrogen (secondary N) is 1. The topological polar surface area (TPSA) is 75.6 Å². The van der Waals surface area contributed by atoms with Gasteiger partial charge in [-0.25, -0.2) is 0 Å². The van der Waals surface area contributed by atoms with Gasteiger partial charge in [0.05, 0.1) is 0 Å². The number of hydrogen-bond donors (Lipinski definition) is 2. The van der Waals surface area contributed by atoms with Crippen molar-refractivity contribution < 1.29 is 19.4 Å².